The van der Waals surface area contributed by atoms with Gasteiger partial charge < -0.3 is 14.9 Å². The lowest BCUT2D eigenvalue weighted by Gasteiger charge is -2.42. The fourth-order valence-electron chi connectivity index (χ4n) is 5.29. The van der Waals surface area contributed by atoms with Crippen molar-refractivity contribution in [3.8, 4) is 11.1 Å². The van der Waals surface area contributed by atoms with E-state index in [1.54, 1.807) is 10.7 Å². The molecule has 3 aromatic rings. The van der Waals surface area contributed by atoms with Crippen LogP contribution in [-0.2, 0) is 4.79 Å². The molecule has 2 unspecified atom stereocenters. The quantitative estimate of drug-likeness (QED) is 0.647. The molecule has 3 aromatic heterocycles. The Kier molecular flexibility index (Phi) is 4.42. The highest BCUT2D eigenvalue weighted by atomic mass is 19.3. The van der Waals surface area contributed by atoms with Gasteiger partial charge in [-0.25, -0.2) is 14.2 Å². The molecule has 11 heteroatoms. The molecule has 168 valence electrons. The first-order valence-electron chi connectivity index (χ1n) is 10.9. The van der Waals surface area contributed by atoms with Gasteiger partial charge in [0.1, 0.15) is 11.8 Å². The fraction of sp³-hybridized carbons (Fsp3) is 0.524. The Morgan fingerprint density at radius 3 is 2.59 bits per heavy atom. The largest absolute Gasteiger partial charge is 0.396 e. The number of hydrogen-bond donors (Lipinski definition) is 1. The third-order valence-corrected chi connectivity index (χ3v) is 7.03. The molecule has 6 rings (SSSR count). The molecular formula is C21H23F2N7O2. The number of piperazine rings is 1. The Labute approximate surface area is 182 Å². The lowest BCUT2D eigenvalue weighted by atomic mass is 10.1. The minimum Gasteiger partial charge on any atom is -0.396 e. The summed E-state index contributed by atoms with van der Waals surface area (Å²) in [4.78, 5) is 21.7. The number of carbonyl (C=O) groups is 1. The molecule has 3 aliphatic rings. The van der Waals surface area contributed by atoms with Gasteiger partial charge in [-0.05, 0) is 31.2 Å². The molecule has 0 radical (unpaired) electrons. The van der Waals surface area contributed by atoms with Crippen LogP contribution in [0.5, 0.6) is 0 Å². The molecule has 0 spiro atoms. The molecular weight excluding hydrogens is 420 g/mol. The summed E-state index contributed by atoms with van der Waals surface area (Å²) in [5.41, 5.74) is 2.10. The summed E-state index contributed by atoms with van der Waals surface area (Å²) in [5, 5.41) is 17.3. The number of anilines is 1. The molecule has 1 saturated carbocycles. The molecule has 32 heavy (non-hydrogen) atoms. The van der Waals surface area contributed by atoms with Crippen molar-refractivity contribution in [3.63, 3.8) is 0 Å². The van der Waals surface area contributed by atoms with Crippen LogP contribution in [0.3, 0.4) is 0 Å². The number of rotatable bonds is 5. The number of aliphatic hydroxyl groups excluding tert-OH is 1. The summed E-state index contributed by atoms with van der Waals surface area (Å²) >= 11 is 0. The topological polar surface area (TPSA) is 91.8 Å². The van der Waals surface area contributed by atoms with E-state index < -0.39 is 6.55 Å². The van der Waals surface area contributed by atoms with E-state index in [-0.39, 0.29) is 36.4 Å². The normalized spacial score (nSPS) is 27.0. The van der Waals surface area contributed by atoms with Crippen molar-refractivity contribution in [1.29, 1.82) is 0 Å². The molecule has 3 fully saturated rings. The Balaban J connectivity index is 1.27. The molecule has 5 heterocycles. The number of alkyl halides is 2. The van der Waals surface area contributed by atoms with E-state index in [1.807, 2.05) is 6.07 Å². The predicted molar refractivity (Wildman–Crippen MR) is 110 cm³/mol. The van der Waals surface area contributed by atoms with Crippen molar-refractivity contribution in [2.45, 2.75) is 37.9 Å². The van der Waals surface area contributed by atoms with Gasteiger partial charge in [0.25, 0.3) is 0 Å². The van der Waals surface area contributed by atoms with Gasteiger partial charge in [-0.2, -0.15) is 19.0 Å². The van der Waals surface area contributed by atoms with Crippen molar-refractivity contribution in [1.82, 2.24) is 29.3 Å². The van der Waals surface area contributed by atoms with Crippen LogP contribution >= 0.6 is 0 Å². The van der Waals surface area contributed by atoms with E-state index in [2.05, 4.69) is 25.0 Å². The summed E-state index contributed by atoms with van der Waals surface area (Å²) in [6.07, 6.45) is 8.71. The van der Waals surface area contributed by atoms with Gasteiger partial charge in [-0.3, -0.25) is 4.79 Å². The van der Waals surface area contributed by atoms with Crippen molar-refractivity contribution >= 4 is 17.2 Å². The van der Waals surface area contributed by atoms with Crippen LogP contribution in [0.4, 0.5) is 14.6 Å². The van der Waals surface area contributed by atoms with Crippen LogP contribution in [0.2, 0.25) is 0 Å². The van der Waals surface area contributed by atoms with Gasteiger partial charge in [0.2, 0.25) is 5.91 Å². The molecule has 1 amide bonds. The first-order valence-corrected chi connectivity index (χ1v) is 10.9. The van der Waals surface area contributed by atoms with E-state index in [1.165, 1.54) is 18.7 Å². The minimum absolute atomic E-state index is 0.0252. The summed E-state index contributed by atoms with van der Waals surface area (Å²) in [6.45, 7) is -1.23. The summed E-state index contributed by atoms with van der Waals surface area (Å²) in [5.74, 6) is 1.05. The number of hydrogen-bond acceptors (Lipinski definition) is 6. The monoisotopic (exact) mass is 443 g/mol. The molecule has 1 N–H and O–H groups in total. The zero-order valence-electron chi connectivity index (χ0n) is 17.3. The minimum atomic E-state index is -2.69. The second kappa shape index (κ2) is 7.22. The fourth-order valence-corrected chi connectivity index (χ4v) is 5.29. The number of amides is 1. The highest BCUT2D eigenvalue weighted by Gasteiger charge is 2.51. The Morgan fingerprint density at radius 1 is 1.16 bits per heavy atom. The third kappa shape index (κ3) is 3.06. The standard InChI is InChI=1S/C21H23F2N7O2/c22-21(23)29-7-14(5-25-29)12-4-18-19(24-11-26-28(18)6-12)27-8-15-1-2-16(9-27)30(15)20(32)17-3-13(17)10-31/h4-7,11,13,15-17,21,31H,1-3,8-10H2/t13-,15?,16?,17+/m0/s1. The van der Waals surface area contributed by atoms with Crippen molar-refractivity contribution in [2.75, 3.05) is 24.6 Å². The Bertz CT molecular complexity index is 1160. The van der Waals surface area contributed by atoms with E-state index in [0.717, 1.165) is 36.2 Å². The van der Waals surface area contributed by atoms with Gasteiger partial charge in [-0.15, -0.1) is 0 Å². The maximum Gasteiger partial charge on any atom is 0.333 e. The average Bonchev–Trinajstić information content (AvgIpc) is 3.09. The molecule has 2 bridgehead atoms. The van der Waals surface area contributed by atoms with Crippen molar-refractivity contribution < 1.29 is 18.7 Å². The Hall–Kier alpha value is -3.08. The lowest BCUT2D eigenvalue weighted by molar-refractivity contribution is -0.136. The smallest absolute Gasteiger partial charge is 0.333 e. The highest BCUT2D eigenvalue weighted by Crippen LogP contribution is 2.43. The van der Waals surface area contributed by atoms with Crippen LogP contribution in [0.25, 0.3) is 16.6 Å². The van der Waals surface area contributed by atoms with E-state index in [0.29, 0.717) is 23.3 Å². The zero-order valence-corrected chi connectivity index (χ0v) is 17.3. The second-order valence-corrected chi connectivity index (χ2v) is 8.95. The average molecular weight is 443 g/mol. The lowest BCUT2D eigenvalue weighted by Crippen LogP contribution is -2.56. The predicted octanol–water partition coefficient (Wildman–Crippen LogP) is 1.80. The maximum atomic E-state index is 13.0. The van der Waals surface area contributed by atoms with Gasteiger partial charge in [0.15, 0.2) is 5.82 Å². The van der Waals surface area contributed by atoms with E-state index in [9.17, 15) is 18.7 Å². The number of carbonyl (C=O) groups excluding carboxylic acids is 1. The molecule has 9 nitrogen and oxygen atoms in total. The van der Waals surface area contributed by atoms with E-state index >= 15 is 0 Å². The van der Waals surface area contributed by atoms with E-state index in [4.69, 9.17) is 0 Å². The Morgan fingerprint density at radius 2 is 1.94 bits per heavy atom. The first-order chi connectivity index (χ1) is 15.5. The number of aliphatic hydroxyl groups is 1. The van der Waals surface area contributed by atoms with Crippen molar-refractivity contribution in [3.05, 3.63) is 31.0 Å². The number of halogens is 2. The zero-order chi connectivity index (χ0) is 22.0. The number of nitrogens with zero attached hydrogens (tertiary/aromatic N) is 7. The number of aromatic nitrogens is 5. The molecule has 0 aromatic carbocycles. The molecule has 4 atom stereocenters. The van der Waals surface area contributed by atoms with Crippen LogP contribution in [0, 0.1) is 11.8 Å². The van der Waals surface area contributed by atoms with Crippen LogP contribution in [0.1, 0.15) is 25.8 Å². The highest BCUT2D eigenvalue weighted by molar-refractivity contribution is 5.83. The second-order valence-electron chi connectivity index (χ2n) is 8.95. The molecule has 2 saturated heterocycles. The summed E-state index contributed by atoms with van der Waals surface area (Å²) < 4.78 is 28.1. The summed E-state index contributed by atoms with van der Waals surface area (Å²) in [6, 6.07) is 2.15. The van der Waals surface area contributed by atoms with Crippen LogP contribution in [0.15, 0.2) is 31.0 Å². The maximum absolute atomic E-state index is 13.0. The summed E-state index contributed by atoms with van der Waals surface area (Å²) in [7, 11) is 0. The third-order valence-electron chi connectivity index (χ3n) is 7.03. The SMILES string of the molecule is O=C([C@@H]1C[C@H]1CO)N1C2CCC1CN(c1ncnn3cc(-c4cnn(C(F)F)c4)cc13)C2. The molecule has 2 aliphatic heterocycles. The van der Waals surface area contributed by atoms with Gasteiger partial charge in [0.05, 0.1) is 6.20 Å². The van der Waals surface area contributed by atoms with Gasteiger partial charge in [-0.1, -0.05) is 0 Å². The molecule has 1 aliphatic carbocycles. The number of fused-ring (bicyclic) bond motifs is 3. The van der Waals surface area contributed by atoms with Gasteiger partial charge in [0, 0.05) is 61.2 Å². The van der Waals surface area contributed by atoms with Crippen molar-refractivity contribution in [2.24, 2.45) is 11.8 Å². The van der Waals surface area contributed by atoms with Crippen LogP contribution < -0.4 is 4.90 Å². The van der Waals surface area contributed by atoms with Crippen LogP contribution in [-0.4, -0.2) is 72.1 Å². The van der Waals surface area contributed by atoms with Gasteiger partial charge >= 0.3 is 6.55 Å². The first kappa shape index (κ1) is 19.6.